The highest BCUT2D eigenvalue weighted by Gasteiger charge is 2.27. The van der Waals surface area contributed by atoms with Crippen molar-refractivity contribution in [1.82, 2.24) is 14.8 Å². The zero-order valence-electron chi connectivity index (χ0n) is 21.3. The van der Waals surface area contributed by atoms with E-state index in [9.17, 15) is 5.11 Å². The van der Waals surface area contributed by atoms with E-state index in [2.05, 4.69) is 34.8 Å². The van der Waals surface area contributed by atoms with Crippen LogP contribution in [0, 0.1) is 17.8 Å². The molecule has 36 heavy (non-hydrogen) atoms. The second-order valence-corrected chi connectivity index (χ2v) is 10.6. The maximum atomic E-state index is 10.7. The van der Waals surface area contributed by atoms with E-state index in [0.29, 0.717) is 11.8 Å². The van der Waals surface area contributed by atoms with Crippen LogP contribution in [0.4, 0.5) is 0 Å². The molecule has 1 aromatic carbocycles. The van der Waals surface area contributed by atoms with Gasteiger partial charge in [-0.2, -0.15) is 5.10 Å². The maximum Gasteiger partial charge on any atom is 0.118 e. The molecule has 1 aliphatic carbocycles. The summed E-state index contributed by atoms with van der Waals surface area (Å²) in [6.07, 6.45) is 18.4. The molecule has 3 heterocycles. The van der Waals surface area contributed by atoms with Gasteiger partial charge in [-0.3, -0.25) is 4.98 Å². The number of hydrogen-bond donors (Lipinski definition) is 1. The predicted molar refractivity (Wildman–Crippen MR) is 147 cm³/mol. The monoisotopic (exact) mass is 477 g/mol. The number of fused-ring (bicyclic) bond motifs is 1. The lowest BCUT2D eigenvalue weighted by Crippen LogP contribution is -2.21. The Hall–Kier alpha value is -2.92. The number of rotatable bonds is 7. The first-order valence-electron chi connectivity index (χ1n) is 13.4. The third kappa shape index (κ3) is 5.73. The van der Waals surface area contributed by atoms with E-state index in [1.54, 1.807) is 6.20 Å². The number of aromatic nitrogens is 3. The summed E-state index contributed by atoms with van der Waals surface area (Å²) < 4.78 is 2.10. The molecule has 2 aromatic heterocycles. The van der Waals surface area contributed by atoms with Crippen molar-refractivity contribution in [1.29, 1.82) is 0 Å². The number of benzene rings is 1. The molecule has 1 aliphatic heterocycles. The average Bonchev–Trinajstić information content (AvgIpc) is 3.25. The van der Waals surface area contributed by atoms with Crippen molar-refractivity contribution < 1.29 is 5.11 Å². The quantitative estimate of drug-likeness (QED) is 0.451. The van der Waals surface area contributed by atoms with Gasteiger partial charge in [-0.15, -0.1) is 0 Å². The zero-order chi connectivity index (χ0) is 24.9. The summed E-state index contributed by atoms with van der Waals surface area (Å²) in [5.74, 6) is 1.42. The van der Waals surface area contributed by atoms with Gasteiger partial charge in [0.1, 0.15) is 7.85 Å². The molecular weight excluding hydrogens is 441 g/mol. The fourth-order valence-electron chi connectivity index (χ4n) is 6.00. The number of aliphatic hydroxyl groups is 1. The van der Waals surface area contributed by atoms with Crippen molar-refractivity contribution in [2.45, 2.75) is 64.4 Å². The Labute approximate surface area is 216 Å². The number of allylic oxidation sites excluding steroid dienone is 4. The Kier molecular flexibility index (Phi) is 7.86. The largest absolute Gasteiger partial charge is 0.388 e. The standard InChI is InChI=1S/C31H36BN3O/c1-22(17-24-7-6-16-33-20-24)30-19-27(10-5-11-29-28(32)21-34-35(29)30)25-14-12-23(13-15-25)18-31(36)26-8-3-2-4-9-26/h2-4,6-10,16,19-23,25,31,36H,5,11-15,17-18H2,1H3/b27-10?,30-19-/t22-,23?,25?,31?/m1/s1. The van der Waals surface area contributed by atoms with Crippen LogP contribution in [0.1, 0.15) is 68.4 Å². The van der Waals surface area contributed by atoms with Gasteiger partial charge in [-0.1, -0.05) is 54.9 Å². The summed E-state index contributed by atoms with van der Waals surface area (Å²) in [6, 6.07) is 14.2. The van der Waals surface area contributed by atoms with Crippen LogP contribution < -0.4 is 5.46 Å². The summed E-state index contributed by atoms with van der Waals surface area (Å²) in [5.41, 5.74) is 6.84. The van der Waals surface area contributed by atoms with Gasteiger partial charge in [0.25, 0.3) is 0 Å². The topological polar surface area (TPSA) is 50.9 Å². The molecular formula is C31H36BN3O. The third-order valence-corrected chi connectivity index (χ3v) is 8.05. The number of nitrogens with zero attached hydrogens (tertiary/aromatic N) is 3. The van der Waals surface area contributed by atoms with E-state index >= 15 is 0 Å². The minimum atomic E-state index is -0.364. The molecule has 0 bridgehead atoms. The lowest BCUT2D eigenvalue weighted by Gasteiger charge is -2.32. The van der Waals surface area contributed by atoms with Crippen molar-refractivity contribution in [3.63, 3.8) is 0 Å². The average molecular weight is 477 g/mol. The second kappa shape index (κ2) is 11.4. The van der Waals surface area contributed by atoms with Crippen molar-refractivity contribution in [2.24, 2.45) is 17.8 Å². The number of aliphatic hydroxyl groups excluding tert-OH is 1. The Balaban J connectivity index is 1.31. The lowest BCUT2D eigenvalue weighted by atomic mass is 9.75. The van der Waals surface area contributed by atoms with Gasteiger partial charge in [0, 0.05) is 35.9 Å². The van der Waals surface area contributed by atoms with Gasteiger partial charge in [0.15, 0.2) is 0 Å². The van der Waals surface area contributed by atoms with Crippen LogP contribution in [0.2, 0.25) is 0 Å². The molecule has 2 aliphatic rings. The first kappa shape index (κ1) is 24.8. The van der Waals surface area contributed by atoms with E-state index in [4.69, 9.17) is 12.9 Å². The van der Waals surface area contributed by atoms with E-state index in [0.717, 1.165) is 42.4 Å². The van der Waals surface area contributed by atoms with E-state index in [-0.39, 0.29) is 12.0 Å². The van der Waals surface area contributed by atoms with Crippen LogP contribution in [0.3, 0.4) is 0 Å². The molecule has 1 unspecified atom stereocenters. The molecule has 3 aromatic rings. The van der Waals surface area contributed by atoms with Gasteiger partial charge in [0.2, 0.25) is 0 Å². The van der Waals surface area contributed by atoms with Crippen LogP contribution >= 0.6 is 0 Å². The predicted octanol–water partition coefficient (Wildman–Crippen LogP) is 5.59. The zero-order valence-corrected chi connectivity index (χ0v) is 21.3. The van der Waals surface area contributed by atoms with Crippen LogP contribution in [-0.2, 0) is 12.8 Å². The molecule has 0 spiro atoms. The Morgan fingerprint density at radius 1 is 1.06 bits per heavy atom. The molecule has 0 amide bonds. The SMILES string of the molecule is [B]c1cnn2c1CCC=C(C1CCC(CC(O)c3ccccc3)CC1)/C=C\2[C@H](C)Cc1cccnc1. The number of hydrogen-bond acceptors (Lipinski definition) is 3. The van der Waals surface area contributed by atoms with Gasteiger partial charge in [-0.25, -0.2) is 4.68 Å². The highest BCUT2D eigenvalue weighted by Crippen LogP contribution is 2.39. The molecule has 1 saturated carbocycles. The molecule has 2 radical (unpaired) electrons. The van der Waals surface area contributed by atoms with Crippen LogP contribution in [-0.4, -0.2) is 27.7 Å². The molecule has 5 rings (SSSR count). The van der Waals surface area contributed by atoms with Gasteiger partial charge < -0.3 is 5.11 Å². The summed E-state index contributed by atoms with van der Waals surface area (Å²) in [4.78, 5) is 4.31. The fraction of sp³-hybridized carbons (Fsp3) is 0.419. The van der Waals surface area contributed by atoms with Gasteiger partial charge in [-0.05, 0) is 92.0 Å². The smallest absolute Gasteiger partial charge is 0.118 e. The van der Waals surface area contributed by atoms with Crippen molar-refractivity contribution >= 4 is 19.0 Å². The summed E-state index contributed by atoms with van der Waals surface area (Å²) in [6.45, 7) is 2.28. The molecule has 184 valence electrons. The van der Waals surface area contributed by atoms with Crippen LogP contribution in [0.15, 0.2) is 78.8 Å². The fourth-order valence-corrected chi connectivity index (χ4v) is 6.00. The highest BCUT2D eigenvalue weighted by atomic mass is 16.3. The molecule has 2 atom stereocenters. The normalized spacial score (nSPS) is 23.4. The van der Waals surface area contributed by atoms with Gasteiger partial charge in [0.05, 0.1) is 6.10 Å². The minimum Gasteiger partial charge on any atom is -0.388 e. The Bertz CT molecular complexity index is 1190. The molecule has 0 saturated heterocycles. The van der Waals surface area contributed by atoms with Crippen molar-refractivity contribution in [3.05, 3.63) is 95.6 Å². The minimum absolute atomic E-state index is 0.283. The Morgan fingerprint density at radius 3 is 2.61 bits per heavy atom. The highest BCUT2D eigenvalue weighted by molar-refractivity contribution is 6.33. The number of pyridine rings is 1. The Morgan fingerprint density at radius 2 is 1.86 bits per heavy atom. The first-order chi connectivity index (χ1) is 17.6. The molecule has 5 heteroatoms. The van der Waals surface area contributed by atoms with E-state index in [1.807, 2.05) is 48.8 Å². The summed E-state index contributed by atoms with van der Waals surface area (Å²) in [5, 5.41) is 15.4. The van der Waals surface area contributed by atoms with E-state index in [1.165, 1.54) is 42.5 Å². The van der Waals surface area contributed by atoms with Gasteiger partial charge >= 0.3 is 0 Å². The second-order valence-electron chi connectivity index (χ2n) is 10.6. The summed E-state index contributed by atoms with van der Waals surface area (Å²) >= 11 is 0. The molecule has 4 nitrogen and oxygen atoms in total. The molecule has 1 N–H and O–H groups in total. The molecule has 1 fully saturated rings. The first-order valence-corrected chi connectivity index (χ1v) is 13.4. The van der Waals surface area contributed by atoms with E-state index < -0.39 is 0 Å². The van der Waals surface area contributed by atoms with Crippen LogP contribution in [0.25, 0.3) is 5.70 Å². The van der Waals surface area contributed by atoms with Crippen molar-refractivity contribution in [3.8, 4) is 0 Å². The maximum absolute atomic E-state index is 10.7. The van der Waals surface area contributed by atoms with Crippen molar-refractivity contribution in [2.75, 3.05) is 0 Å². The third-order valence-electron chi connectivity index (χ3n) is 8.05. The van der Waals surface area contributed by atoms with Crippen LogP contribution in [0.5, 0.6) is 0 Å². The lowest BCUT2D eigenvalue weighted by molar-refractivity contribution is 0.126. The summed E-state index contributed by atoms with van der Waals surface area (Å²) in [7, 11) is 6.31.